The summed E-state index contributed by atoms with van der Waals surface area (Å²) < 4.78 is 38.2. The number of ether oxygens (including phenoxy) is 1. The first-order valence-electron chi connectivity index (χ1n) is 15.5. The van der Waals surface area contributed by atoms with E-state index < -0.39 is 38.8 Å². The molecule has 2 aliphatic rings. The molecule has 0 saturated carbocycles. The number of hydrogen-bond donors (Lipinski definition) is 5. The van der Waals surface area contributed by atoms with Gasteiger partial charge >= 0.3 is 41.5 Å². The van der Waals surface area contributed by atoms with Crippen LogP contribution in [0, 0.1) is 47.4 Å². The smallest absolute Gasteiger partial charge is 0.744 e. The van der Waals surface area contributed by atoms with Gasteiger partial charge in [-0.25, -0.2) is 8.42 Å². The van der Waals surface area contributed by atoms with Gasteiger partial charge in [0.2, 0.25) is 11.8 Å². The van der Waals surface area contributed by atoms with Gasteiger partial charge in [0, 0.05) is 76.9 Å². The average Bonchev–Trinajstić information content (AvgIpc) is 3.04. The van der Waals surface area contributed by atoms with E-state index in [2.05, 4.69) is 23.7 Å². The first-order valence-corrected chi connectivity index (χ1v) is 17.6. The maximum atomic E-state index is 12.5. The number of carbonyl (C=O) groups excluding carboxylic acids is 3. The number of hydrogen-bond acceptors (Lipinski definition) is 12. The number of aliphatic hydroxyl groups excluding tert-OH is 4. The molecule has 0 aliphatic carbocycles. The number of carbonyl (C=O) groups is 4. The number of carboxylic acids is 1. The summed E-state index contributed by atoms with van der Waals surface area (Å²) >= 11 is 11.7. The van der Waals surface area contributed by atoms with Crippen LogP contribution in [0.4, 0.5) is 0 Å². The van der Waals surface area contributed by atoms with Crippen LogP contribution in [-0.2, 0) is 29.3 Å². The van der Waals surface area contributed by atoms with Gasteiger partial charge in [0.25, 0.3) is 0 Å². The summed E-state index contributed by atoms with van der Waals surface area (Å²) in [5, 5.41) is 45.4. The minimum absolute atomic E-state index is 0. The van der Waals surface area contributed by atoms with Crippen molar-refractivity contribution < 1.29 is 92.0 Å². The van der Waals surface area contributed by atoms with E-state index in [0.29, 0.717) is 32.5 Å². The summed E-state index contributed by atoms with van der Waals surface area (Å²) in [6.07, 6.45) is 0.121. The average molecular weight is 786 g/mol. The number of rotatable bonds is 12. The van der Waals surface area contributed by atoms with Crippen molar-refractivity contribution in [3.63, 3.8) is 0 Å². The summed E-state index contributed by atoms with van der Waals surface area (Å²) in [4.78, 5) is 49.4. The van der Waals surface area contributed by atoms with Gasteiger partial charge in [-0.1, -0.05) is 35.0 Å². The third-order valence-corrected chi connectivity index (χ3v) is 9.15. The van der Waals surface area contributed by atoms with E-state index in [1.165, 1.54) is 9.80 Å². The largest absolute Gasteiger partial charge is 1.00 e. The second kappa shape index (κ2) is 23.3. The molecular formula is C32H39Cl2N2NaO13S. The van der Waals surface area contributed by atoms with Gasteiger partial charge < -0.3 is 44.6 Å². The summed E-state index contributed by atoms with van der Waals surface area (Å²) in [7, 11) is -4.80. The van der Waals surface area contributed by atoms with Gasteiger partial charge in [-0.2, -0.15) is 0 Å². The van der Waals surface area contributed by atoms with Crippen molar-refractivity contribution >= 4 is 57.1 Å². The van der Waals surface area contributed by atoms with Crippen LogP contribution in [0.5, 0.6) is 5.75 Å². The molecule has 3 rings (SSSR count). The summed E-state index contributed by atoms with van der Waals surface area (Å²) in [6.45, 7) is 0.427. The number of amides is 2. The van der Waals surface area contributed by atoms with Crippen molar-refractivity contribution in [2.24, 2.45) is 23.7 Å². The van der Waals surface area contributed by atoms with Crippen LogP contribution in [0.1, 0.15) is 38.5 Å². The number of aliphatic hydroxyl groups is 4. The molecule has 0 aromatic heterocycles. The number of aliphatic carboxylic acids is 1. The maximum absolute atomic E-state index is 12.5. The Balaban J connectivity index is 0.000000559. The number of esters is 1. The fourth-order valence-corrected chi connectivity index (χ4v) is 6.14. The van der Waals surface area contributed by atoms with Crippen molar-refractivity contribution in [2.75, 3.05) is 52.6 Å². The molecule has 4 atom stereocenters. The molecule has 2 heterocycles. The number of nitrogens with zero attached hydrogens (tertiary/aromatic N) is 2. The molecule has 19 heteroatoms. The Labute approximate surface area is 328 Å². The molecule has 0 fully saturated rings. The molecule has 0 bridgehead atoms. The predicted molar refractivity (Wildman–Crippen MR) is 176 cm³/mol. The molecule has 276 valence electrons. The molecule has 0 radical (unpaired) electrons. The molecule has 5 N–H and O–H groups in total. The third-order valence-electron chi connectivity index (χ3n) is 7.78. The first kappa shape index (κ1) is 46.6. The third kappa shape index (κ3) is 15.6. The van der Waals surface area contributed by atoms with Crippen LogP contribution in [0.25, 0.3) is 0 Å². The zero-order valence-electron chi connectivity index (χ0n) is 27.9. The maximum Gasteiger partial charge on any atom is 1.00 e. The molecule has 0 spiro atoms. The summed E-state index contributed by atoms with van der Waals surface area (Å²) in [6, 6.07) is 1.63. The van der Waals surface area contributed by atoms with E-state index in [0.717, 1.165) is 12.1 Å². The quantitative estimate of drug-likeness (QED) is 0.0479. The van der Waals surface area contributed by atoms with E-state index in [9.17, 15) is 52.6 Å². The Morgan fingerprint density at radius 3 is 1.59 bits per heavy atom. The predicted octanol–water partition coefficient (Wildman–Crippen LogP) is -2.66. The topological polar surface area (TPSA) is 242 Å². The molecular weight excluding hydrogens is 746 g/mol. The molecule has 4 unspecified atom stereocenters. The van der Waals surface area contributed by atoms with Crippen molar-refractivity contribution in [3.05, 3.63) is 22.2 Å². The molecule has 15 nitrogen and oxygen atoms in total. The van der Waals surface area contributed by atoms with Gasteiger partial charge in [0.1, 0.15) is 10.1 Å². The fraction of sp³-hybridized carbons (Fsp3) is 0.562. The number of carboxylic acid groups (broad SMARTS) is 1. The first-order chi connectivity index (χ1) is 23.6. The molecule has 1 aromatic rings. The van der Waals surface area contributed by atoms with Crippen molar-refractivity contribution in [3.8, 4) is 29.4 Å². The molecule has 1 aromatic carbocycles. The molecule has 2 amide bonds. The van der Waals surface area contributed by atoms with Gasteiger partial charge in [-0.15, -0.1) is 11.8 Å². The van der Waals surface area contributed by atoms with Crippen LogP contribution < -0.4 is 34.3 Å². The summed E-state index contributed by atoms with van der Waals surface area (Å²) in [5.74, 6) is 7.22. The zero-order valence-corrected chi connectivity index (χ0v) is 32.3. The normalized spacial score (nSPS) is 20.1. The van der Waals surface area contributed by atoms with E-state index >= 15 is 0 Å². The van der Waals surface area contributed by atoms with Crippen molar-refractivity contribution in [1.29, 1.82) is 0 Å². The second-order valence-corrected chi connectivity index (χ2v) is 13.5. The van der Waals surface area contributed by atoms with Gasteiger partial charge in [-0.05, 0) is 12.1 Å². The van der Waals surface area contributed by atoms with E-state index in [4.69, 9.17) is 33.0 Å². The van der Waals surface area contributed by atoms with Gasteiger partial charge in [0.15, 0.2) is 5.75 Å². The molecule has 51 heavy (non-hydrogen) atoms. The Hall–Kier alpha value is -2.45. The number of benzene rings is 1. The van der Waals surface area contributed by atoms with E-state index in [1.54, 1.807) is 0 Å². The standard InChI is InChI=1S/C19H21Cl2NO8S.C13H19NO5.Na/c20-15-7-14(31(27,28)29)8-16(21)19(15)30-18(26)5-4-17(25)22-6-2-1-3-12(10-23)13(9-22)11-24;15-8-10-3-1-2-6-14(7-11(10)9-16)12(17)4-5-13(18)19;/h7-8,12-13,23-24H,2,4-6,9-11H2,(H,27,28,29);10-11,15-16H,2,4-9H2,(H,18,19);/q;;+1/p-1. The van der Waals surface area contributed by atoms with E-state index in [-0.39, 0.29) is 128 Å². The zero-order chi connectivity index (χ0) is 37.4. The van der Waals surface area contributed by atoms with Crippen LogP contribution >= 0.6 is 23.2 Å². The minimum Gasteiger partial charge on any atom is -0.744 e. The number of halogens is 2. The van der Waals surface area contributed by atoms with Crippen LogP contribution in [0.15, 0.2) is 17.0 Å². The fourth-order valence-electron chi connectivity index (χ4n) is 4.92. The Bertz CT molecular complexity index is 1580. The van der Waals surface area contributed by atoms with Crippen LogP contribution in [0.3, 0.4) is 0 Å². The minimum atomic E-state index is -4.80. The Kier molecular flexibility index (Phi) is 21.2. The van der Waals surface area contributed by atoms with Gasteiger partial charge in [-0.3, -0.25) is 19.2 Å². The Morgan fingerprint density at radius 2 is 1.22 bits per heavy atom. The van der Waals surface area contributed by atoms with Crippen LogP contribution in [0.2, 0.25) is 10.0 Å². The summed E-state index contributed by atoms with van der Waals surface area (Å²) in [5.41, 5.74) is 0. The Morgan fingerprint density at radius 1 is 0.784 bits per heavy atom. The molecule has 0 saturated heterocycles. The molecule has 2 aliphatic heterocycles. The SMILES string of the molecule is O=C(CCC(=O)N1CCC#CC(CO)C(CO)C1)Oc1c(Cl)cc(S(=O)(=O)[O-])cc1Cl.O=C(O)CCC(=O)N1CCC#CC(CO)C(CO)C1.[Na+]. The van der Waals surface area contributed by atoms with Gasteiger partial charge in [0.05, 0.1) is 52.8 Å². The van der Waals surface area contributed by atoms with Crippen molar-refractivity contribution in [1.82, 2.24) is 9.80 Å². The monoisotopic (exact) mass is 784 g/mol. The second-order valence-electron chi connectivity index (χ2n) is 11.3. The van der Waals surface area contributed by atoms with Crippen molar-refractivity contribution in [2.45, 2.75) is 43.4 Å². The van der Waals surface area contributed by atoms with Crippen LogP contribution in [-0.4, -0.2) is 125 Å². The van der Waals surface area contributed by atoms with E-state index in [1.807, 2.05) is 0 Å².